The molecule has 2 rings (SSSR count). The van der Waals surface area contributed by atoms with Gasteiger partial charge in [0, 0.05) is 6.04 Å². The van der Waals surface area contributed by atoms with E-state index in [9.17, 15) is 0 Å². The van der Waals surface area contributed by atoms with E-state index in [1.165, 1.54) is 0 Å². The Morgan fingerprint density at radius 3 is 2.12 bits per heavy atom. The lowest BCUT2D eigenvalue weighted by atomic mass is 10.0. The molecule has 4 nitrogen and oxygen atoms in total. The lowest BCUT2D eigenvalue weighted by Gasteiger charge is -2.07. The third-order valence-electron chi connectivity index (χ3n) is 3.92. The number of nitrogens with zero attached hydrogens (tertiary/aromatic N) is 3. The zero-order chi connectivity index (χ0) is 12.1. The molecule has 1 heterocycles. The van der Waals surface area contributed by atoms with Crippen LogP contribution >= 0.6 is 23.2 Å². The van der Waals surface area contributed by atoms with Gasteiger partial charge in [0.25, 0.3) is 0 Å². The van der Waals surface area contributed by atoms with E-state index in [4.69, 9.17) is 23.2 Å². The minimum atomic E-state index is 0.100. The number of aromatic nitrogens is 3. The second-order valence-electron chi connectivity index (χ2n) is 5.24. The van der Waals surface area contributed by atoms with Crippen molar-refractivity contribution in [2.24, 2.45) is 10.8 Å². The first-order chi connectivity index (χ1) is 7.26. The van der Waals surface area contributed by atoms with Crippen LogP contribution < -0.4 is 5.32 Å². The molecule has 0 unspecified atom stereocenters. The van der Waals surface area contributed by atoms with Gasteiger partial charge in [0.2, 0.25) is 5.28 Å². The Morgan fingerprint density at radius 2 is 1.62 bits per heavy atom. The van der Waals surface area contributed by atoms with Crippen LogP contribution in [0, 0.1) is 10.8 Å². The smallest absolute Gasteiger partial charge is 0.245 e. The summed E-state index contributed by atoms with van der Waals surface area (Å²) in [6.45, 7) is 8.81. The lowest BCUT2D eigenvalue weighted by Crippen LogP contribution is -2.12. The summed E-state index contributed by atoms with van der Waals surface area (Å²) in [4.78, 5) is 4.03. The lowest BCUT2D eigenvalue weighted by molar-refractivity contribution is 0.457. The summed E-state index contributed by atoms with van der Waals surface area (Å²) in [7, 11) is 0. The molecular weight excluding hydrogens is 247 g/mol. The summed E-state index contributed by atoms with van der Waals surface area (Å²) < 4.78 is 0. The quantitative estimate of drug-likeness (QED) is 0.889. The predicted molar refractivity (Wildman–Crippen MR) is 64.8 cm³/mol. The summed E-state index contributed by atoms with van der Waals surface area (Å²) in [5.74, 6) is 0.505. The van der Waals surface area contributed by atoms with Gasteiger partial charge in [-0.25, -0.2) is 0 Å². The van der Waals surface area contributed by atoms with Crippen molar-refractivity contribution in [2.75, 3.05) is 5.32 Å². The fourth-order valence-corrected chi connectivity index (χ4v) is 2.34. The molecular formula is C10H14Cl2N4. The zero-order valence-corrected chi connectivity index (χ0v) is 11.2. The van der Waals surface area contributed by atoms with Crippen LogP contribution in [-0.2, 0) is 0 Å². The van der Waals surface area contributed by atoms with Gasteiger partial charge in [0.1, 0.15) is 0 Å². The minimum Gasteiger partial charge on any atom is -0.364 e. The second-order valence-corrected chi connectivity index (χ2v) is 5.94. The SMILES string of the molecule is CC1(C)C(Nc2nc(Cl)nnc2Cl)C1(C)C. The maximum atomic E-state index is 5.90. The van der Waals surface area contributed by atoms with Crippen molar-refractivity contribution in [2.45, 2.75) is 33.7 Å². The highest BCUT2D eigenvalue weighted by atomic mass is 35.5. The third-order valence-corrected chi connectivity index (χ3v) is 4.34. The average Bonchev–Trinajstić information content (AvgIpc) is 2.54. The van der Waals surface area contributed by atoms with Crippen molar-refractivity contribution in [3.8, 4) is 0 Å². The number of anilines is 1. The maximum absolute atomic E-state index is 5.90. The van der Waals surface area contributed by atoms with E-state index < -0.39 is 0 Å². The molecule has 0 bridgehead atoms. The predicted octanol–water partition coefficient (Wildman–Crippen LogP) is 3.02. The van der Waals surface area contributed by atoms with Gasteiger partial charge in [0.05, 0.1) is 0 Å². The summed E-state index contributed by atoms with van der Waals surface area (Å²) >= 11 is 11.6. The highest BCUT2D eigenvalue weighted by Crippen LogP contribution is 2.63. The fraction of sp³-hybridized carbons (Fsp3) is 0.700. The van der Waals surface area contributed by atoms with Crippen molar-refractivity contribution < 1.29 is 0 Å². The third kappa shape index (κ3) is 1.64. The van der Waals surface area contributed by atoms with Crippen molar-refractivity contribution >= 4 is 29.0 Å². The molecule has 0 spiro atoms. The van der Waals surface area contributed by atoms with E-state index >= 15 is 0 Å². The van der Waals surface area contributed by atoms with Crippen molar-refractivity contribution in [1.82, 2.24) is 15.2 Å². The van der Waals surface area contributed by atoms with E-state index in [0.717, 1.165) is 0 Å². The molecule has 0 aromatic carbocycles. The first-order valence-corrected chi connectivity index (χ1v) is 5.84. The Balaban J connectivity index is 2.21. The van der Waals surface area contributed by atoms with E-state index in [2.05, 4.69) is 48.2 Å². The molecule has 0 atom stereocenters. The van der Waals surface area contributed by atoms with Crippen LogP contribution in [0.4, 0.5) is 5.82 Å². The van der Waals surface area contributed by atoms with Crippen molar-refractivity contribution in [3.05, 3.63) is 10.4 Å². The van der Waals surface area contributed by atoms with Crippen molar-refractivity contribution in [1.29, 1.82) is 0 Å². The van der Waals surface area contributed by atoms with Gasteiger partial charge in [-0.3, -0.25) is 0 Å². The Kier molecular flexibility index (Phi) is 2.55. The summed E-state index contributed by atoms with van der Waals surface area (Å²) in [6, 6.07) is 0.310. The molecule has 1 aliphatic carbocycles. The molecule has 1 saturated carbocycles. The number of hydrogen-bond acceptors (Lipinski definition) is 4. The molecule has 1 N–H and O–H groups in total. The number of rotatable bonds is 2. The Bertz CT molecular complexity index is 417. The van der Waals surface area contributed by atoms with E-state index in [-0.39, 0.29) is 21.3 Å². The standard InChI is InChI=1S/C10H14Cl2N4/c1-9(2)7(10(9,3)4)13-6-5(11)15-16-8(12)14-6/h7H,1-4H3,(H,13,14,16). The number of nitrogens with one attached hydrogen (secondary N) is 1. The molecule has 0 saturated heterocycles. The summed E-state index contributed by atoms with van der Waals surface area (Å²) in [6.07, 6.45) is 0. The van der Waals surface area contributed by atoms with Crippen LogP contribution in [0.2, 0.25) is 10.4 Å². The first-order valence-electron chi connectivity index (χ1n) is 5.09. The summed E-state index contributed by atoms with van der Waals surface area (Å²) in [5, 5.41) is 10.9. The van der Waals surface area contributed by atoms with Gasteiger partial charge in [-0.15, -0.1) is 10.2 Å². The molecule has 1 fully saturated rings. The highest BCUT2D eigenvalue weighted by molar-refractivity contribution is 6.32. The molecule has 88 valence electrons. The number of halogens is 2. The monoisotopic (exact) mass is 260 g/mol. The molecule has 0 amide bonds. The zero-order valence-electron chi connectivity index (χ0n) is 9.67. The van der Waals surface area contributed by atoms with Gasteiger partial charge in [0.15, 0.2) is 11.0 Å². The molecule has 1 aromatic heterocycles. The molecule has 1 aromatic rings. The molecule has 16 heavy (non-hydrogen) atoms. The van der Waals surface area contributed by atoms with Gasteiger partial charge in [-0.05, 0) is 22.4 Å². The molecule has 0 aliphatic heterocycles. The molecule has 0 radical (unpaired) electrons. The van der Waals surface area contributed by atoms with E-state index in [0.29, 0.717) is 11.9 Å². The Labute approximate surface area is 105 Å². The Hall–Kier alpha value is -0.610. The van der Waals surface area contributed by atoms with Crippen LogP contribution in [0.25, 0.3) is 0 Å². The largest absolute Gasteiger partial charge is 0.364 e. The van der Waals surface area contributed by atoms with Gasteiger partial charge in [-0.2, -0.15) is 4.98 Å². The average molecular weight is 261 g/mol. The minimum absolute atomic E-state index is 0.100. The van der Waals surface area contributed by atoms with Gasteiger partial charge >= 0.3 is 0 Å². The van der Waals surface area contributed by atoms with E-state index in [1.807, 2.05) is 0 Å². The molecule has 6 heteroatoms. The fourth-order valence-electron chi connectivity index (χ4n) is 2.08. The Morgan fingerprint density at radius 1 is 1.06 bits per heavy atom. The van der Waals surface area contributed by atoms with E-state index in [1.54, 1.807) is 0 Å². The van der Waals surface area contributed by atoms with Gasteiger partial charge < -0.3 is 5.32 Å². The highest BCUT2D eigenvalue weighted by Gasteiger charge is 2.65. The maximum Gasteiger partial charge on any atom is 0.245 e. The van der Waals surface area contributed by atoms with Crippen LogP contribution in [0.3, 0.4) is 0 Å². The normalized spacial score (nSPS) is 21.9. The van der Waals surface area contributed by atoms with Crippen LogP contribution in [-0.4, -0.2) is 21.2 Å². The molecule has 1 aliphatic rings. The van der Waals surface area contributed by atoms with Crippen LogP contribution in [0.1, 0.15) is 27.7 Å². The van der Waals surface area contributed by atoms with Gasteiger partial charge in [-0.1, -0.05) is 39.3 Å². The topological polar surface area (TPSA) is 50.7 Å². The van der Waals surface area contributed by atoms with Crippen LogP contribution in [0.15, 0.2) is 0 Å². The second kappa shape index (κ2) is 3.44. The number of hydrogen-bond donors (Lipinski definition) is 1. The van der Waals surface area contributed by atoms with Crippen LogP contribution in [0.5, 0.6) is 0 Å². The summed E-state index contributed by atoms with van der Waals surface area (Å²) in [5.41, 5.74) is 0.404. The van der Waals surface area contributed by atoms with Crippen molar-refractivity contribution in [3.63, 3.8) is 0 Å². The first kappa shape index (κ1) is 11.9.